The van der Waals surface area contributed by atoms with Crippen LogP contribution in [-0.2, 0) is 4.79 Å². The van der Waals surface area contributed by atoms with Crippen LogP contribution in [0.25, 0.3) is 0 Å². The predicted molar refractivity (Wildman–Crippen MR) is 30.7 cm³/mol. The first-order chi connectivity index (χ1) is 4.20. The highest BCUT2D eigenvalue weighted by Crippen LogP contribution is 1.81. The van der Waals surface area contributed by atoms with Gasteiger partial charge in [0.05, 0.1) is 12.6 Å². The van der Waals surface area contributed by atoms with E-state index in [2.05, 4.69) is 10.9 Å². The number of rotatable bonds is 4. The third kappa shape index (κ3) is 3.86. The van der Waals surface area contributed by atoms with Crippen molar-refractivity contribution in [3.8, 4) is 0 Å². The predicted octanol–water partition coefficient (Wildman–Crippen LogP) is -2.29. The van der Waals surface area contributed by atoms with Gasteiger partial charge in [-0.1, -0.05) is 0 Å². The lowest BCUT2D eigenvalue weighted by Gasteiger charge is -2.10. The summed E-state index contributed by atoms with van der Waals surface area (Å²) >= 11 is 0. The van der Waals surface area contributed by atoms with Crippen molar-refractivity contribution in [2.75, 3.05) is 0 Å². The van der Waals surface area contributed by atoms with Gasteiger partial charge in [-0.3, -0.25) is 16.5 Å². The molecule has 0 radical (unpaired) electrons. The van der Waals surface area contributed by atoms with Crippen LogP contribution in [0.3, 0.4) is 0 Å². The lowest BCUT2D eigenvalue weighted by molar-refractivity contribution is -0.137. The van der Waals surface area contributed by atoms with Gasteiger partial charge in [0, 0.05) is 0 Å². The van der Waals surface area contributed by atoms with E-state index < -0.39 is 12.1 Å². The van der Waals surface area contributed by atoms with Gasteiger partial charge in [-0.25, -0.2) is 10.9 Å². The van der Waals surface area contributed by atoms with Gasteiger partial charge >= 0.3 is 5.97 Å². The van der Waals surface area contributed by atoms with E-state index in [-0.39, 0.29) is 6.42 Å². The summed E-state index contributed by atoms with van der Waals surface area (Å²) in [5, 5.41) is 8.15. The number of nitrogens with one attached hydrogen (secondary N) is 2. The van der Waals surface area contributed by atoms with Crippen molar-refractivity contribution in [3.63, 3.8) is 0 Å². The van der Waals surface area contributed by atoms with E-state index in [1.807, 2.05) is 0 Å². The monoisotopic (exact) mass is 134 g/mol. The maximum absolute atomic E-state index is 9.94. The largest absolute Gasteiger partial charge is 0.481 e. The fourth-order valence-electron chi connectivity index (χ4n) is 0.341. The van der Waals surface area contributed by atoms with Crippen molar-refractivity contribution >= 4 is 5.97 Å². The Balaban J connectivity index is 3.43. The topological polar surface area (TPSA) is 113 Å². The molecule has 0 aliphatic heterocycles. The summed E-state index contributed by atoms with van der Waals surface area (Å²) in [5.74, 6) is 8.79. The Labute approximate surface area is 52.1 Å². The van der Waals surface area contributed by atoms with Crippen molar-refractivity contribution < 1.29 is 9.90 Å². The third-order valence-corrected chi connectivity index (χ3v) is 0.781. The molecule has 0 aromatic carbocycles. The minimum Gasteiger partial charge on any atom is -0.481 e. The zero-order valence-corrected chi connectivity index (χ0v) is 4.79. The summed E-state index contributed by atoms with van der Waals surface area (Å²) in [6.45, 7) is 0. The lowest BCUT2D eigenvalue weighted by atomic mass is 10.4. The molecule has 0 spiro atoms. The first-order valence-corrected chi connectivity index (χ1v) is 2.34. The molecule has 0 rings (SSSR count). The van der Waals surface area contributed by atoms with Gasteiger partial charge < -0.3 is 5.11 Å². The smallest absolute Gasteiger partial charge is 0.306 e. The molecule has 0 aliphatic rings. The van der Waals surface area contributed by atoms with Crippen LogP contribution in [0.5, 0.6) is 0 Å². The van der Waals surface area contributed by atoms with Crippen LogP contribution in [0.4, 0.5) is 0 Å². The minimum atomic E-state index is -0.962. The molecule has 0 aromatic rings. The van der Waals surface area contributed by atoms with E-state index in [1.165, 1.54) is 0 Å². The Hall–Kier alpha value is -0.690. The highest BCUT2D eigenvalue weighted by Gasteiger charge is 2.06. The summed E-state index contributed by atoms with van der Waals surface area (Å²) in [4.78, 5) is 9.94. The SMILES string of the molecule is NNC(CC(=O)O)NN. The van der Waals surface area contributed by atoms with Gasteiger partial charge in [-0.05, 0) is 0 Å². The summed E-state index contributed by atoms with van der Waals surface area (Å²) in [7, 11) is 0. The molecule has 0 saturated carbocycles. The third-order valence-electron chi connectivity index (χ3n) is 0.781. The summed E-state index contributed by atoms with van der Waals surface area (Å²) < 4.78 is 0. The second-order valence-corrected chi connectivity index (χ2v) is 1.48. The minimum absolute atomic E-state index is 0.146. The van der Waals surface area contributed by atoms with Crippen molar-refractivity contribution in [2.24, 2.45) is 11.7 Å². The fraction of sp³-hybridized carbons (Fsp3) is 0.667. The Morgan fingerprint density at radius 1 is 1.56 bits per heavy atom. The number of carbonyl (C=O) groups is 1. The first kappa shape index (κ1) is 8.31. The molecule has 6 nitrogen and oxygen atoms in total. The molecule has 6 heteroatoms. The van der Waals surface area contributed by atoms with Crippen molar-refractivity contribution in [2.45, 2.75) is 12.6 Å². The molecular weight excluding hydrogens is 124 g/mol. The van der Waals surface area contributed by atoms with E-state index in [4.69, 9.17) is 16.8 Å². The zero-order chi connectivity index (χ0) is 7.28. The molecule has 9 heavy (non-hydrogen) atoms. The summed E-state index contributed by atoms with van der Waals surface area (Å²) in [5.41, 5.74) is 4.33. The van der Waals surface area contributed by atoms with Gasteiger partial charge in [0.1, 0.15) is 0 Å². The maximum atomic E-state index is 9.94. The van der Waals surface area contributed by atoms with Gasteiger partial charge in [-0.2, -0.15) is 0 Å². The van der Waals surface area contributed by atoms with Gasteiger partial charge in [0.2, 0.25) is 0 Å². The van der Waals surface area contributed by atoms with Crippen LogP contribution in [0.1, 0.15) is 6.42 Å². The Bertz CT molecular complexity index is 91.8. The Morgan fingerprint density at radius 3 is 2.11 bits per heavy atom. The number of nitrogens with two attached hydrogens (primary N) is 2. The van der Waals surface area contributed by atoms with Gasteiger partial charge in [-0.15, -0.1) is 0 Å². The molecular formula is C3H10N4O2. The standard InChI is InChI=1S/C3H10N4O2/c4-6-2(7-5)1-3(8)9/h2,6-7H,1,4-5H2,(H,8,9). The van der Waals surface area contributed by atoms with E-state index in [0.717, 1.165) is 0 Å². The molecule has 7 N–H and O–H groups in total. The Kier molecular flexibility index (Phi) is 3.89. The quantitative estimate of drug-likeness (QED) is 0.168. The number of aliphatic carboxylic acids is 1. The van der Waals surface area contributed by atoms with E-state index in [9.17, 15) is 4.79 Å². The van der Waals surface area contributed by atoms with E-state index >= 15 is 0 Å². The normalized spacial score (nSPS) is 10.1. The van der Waals surface area contributed by atoms with Gasteiger partial charge in [0.15, 0.2) is 0 Å². The van der Waals surface area contributed by atoms with Crippen LogP contribution in [-0.4, -0.2) is 17.2 Å². The summed E-state index contributed by atoms with van der Waals surface area (Å²) in [6, 6.07) is 0. The number of hydrazine groups is 2. The second-order valence-electron chi connectivity index (χ2n) is 1.48. The molecule has 0 unspecified atom stereocenters. The number of carboxylic acid groups (broad SMARTS) is 1. The van der Waals surface area contributed by atoms with Crippen LogP contribution in [0.15, 0.2) is 0 Å². The van der Waals surface area contributed by atoms with Gasteiger partial charge in [0.25, 0.3) is 0 Å². The molecule has 0 bridgehead atoms. The lowest BCUT2D eigenvalue weighted by Crippen LogP contribution is -2.50. The molecule has 54 valence electrons. The maximum Gasteiger partial charge on any atom is 0.306 e. The molecule has 0 aromatic heterocycles. The fourth-order valence-corrected chi connectivity index (χ4v) is 0.341. The van der Waals surface area contributed by atoms with E-state index in [0.29, 0.717) is 0 Å². The number of hydrogen-bond donors (Lipinski definition) is 5. The molecule has 0 amide bonds. The highest BCUT2D eigenvalue weighted by molar-refractivity contribution is 5.67. The van der Waals surface area contributed by atoms with E-state index in [1.54, 1.807) is 0 Å². The Morgan fingerprint density at radius 2 is 2.00 bits per heavy atom. The first-order valence-electron chi connectivity index (χ1n) is 2.34. The van der Waals surface area contributed by atoms with Crippen LogP contribution in [0.2, 0.25) is 0 Å². The molecule has 0 atom stereocenters. The van der Waals surface area contributed by atoms with Crippen LogP contribution in [0, 0.1) is 0 Å². The summed E-state index contributed by atoms with van der Waals surface area (Å²) in [6.07, 6.45) is -0.713. The van der Waals surface area contributed by atoms with Crippen molar-refractivity contribution in [3.05, 3.63) is 0 Å². The molecule has 0 saturated heterocycles. The van der Waals surface area contributed by atoms with Crippen LogP contribution < -0.4 is 22.5 Å². The number of carboxylic acids is 1. The molecule has 0 aliphatic carbocycles. The number of hydrogen-bond acceptors (Lipinski definition) is 5. The molecule has 0 fully saturated rings. The average molecular weight is 134 g/mol. The van der Waals surface area contributed by atoms with Crippen molar-refractivity contribution in [1.29, 1.82) is 0 Å². The molecule has 0 heterocycles. The van der Waals surface area contributed by atoms with Crippen LogP contribution >= 0.6 is 0 Å². The average Bonchev–Trinajstić information content (AvgIpc) is 1.82. The highest BCUT2D eigenvalue weighted by atomic mass is 16.4. The second kappa shape index (κ2) is 4.21. The van der Waals surface area contributed by atoms with Crippen molar-refractivity contribution in [1.82, 2.24) is 10.9 Å². The zero-order valence-electron chi connectivity index (χ0n) is 4.79.